The fraction of sp³-hybridized carbons (Fsp3) is 0.643. The number of hydrogen-bond acceptors (Lipinski definition) is 3. The summed E-state index contributed by atoms with van der Waals surface area (Å²) in [5.74, 6) is 0.238. The lowest BCUT2D eigenvalue weighted by Crippen LogP contribution is -2.30. The molecule has 0 aromatic carbocycles. The summed E-state index contributed by atoms with van der Waals surface area (Å²) in [7, 11) is 0. The van der Waals surface area contributed by atoms with Gasteiger partial charge in [-0.15, -0.1) is 11.3 Å². The van der Waals surface area contributed by atoms with Gasteiger partial charge >= 0.3 is 0 Å². The number of carbonyl (C=O) groups excluding carboxylic acids is 1. The van der Waals surface area contributed by atoms with Crippen LogP contribution in [0.4, 0.5) is 0 Å². The van der Waals surface area contributed by atoms with Crippen LogP contribution in [0.15, 0.2) is 12.1 Å². The van der Waals surface area contributed by atoms with Crippen molar-refractivity contribution >= 4 is 17.2 Å². The van der Waals surface area contributed by atoms with E-state index in [9.17, 15) is 4.79 Å². The first-order valence-corrected chi connectivity index (χ1v) is 7.63. The fourth-order valence-electron chi connectivity index (χ4n) is 2.36. The number of carbonyl (C=O) groups is 1. The molecule has 0 radical (unpaired) electrons. The minimum atomic E-state index is 0.109. The Morgan fingerprint density at radius 3 is 2.89 bits per heavy atom. The van der Waals surface area contributed by atoms with Gasteiger partial charge in [0, 0.05) is 16.3 Å². The van der Waals surface area contributed by atoms with E-state index in [0.717, 1.165) is 13.0 Å². The van der Waals surface area contributed by atoms with Crippen molar-refractivity contribution in [1.29, 1.82) is 0 Å². The smallest absolute Gasteiger partial charge is 0.238 e. The van der Waals surface area contributed by atoms with E-state index in [2.05, 4.69) is 31.3 Å². The Labute approximate surface area is 113 Å². The second kappa shape index (κ2) is 6.34. The van der Waals surface area contributed by atoms with Gasteiger partial charge in [0.2, 0.25) is 5.91 Å². The monoisotopic (exact) mass is 266 g/mol. The molecule has 1 atom stereocenters. The summed E-state index contributed by atoms with van der Waals surface area (Å²) in [6, 6.07) is 4.26. The van der Waals surface area contributed by atoms with Gasteiger partial charge in [0.15, 0.2) is 0 Å². The third-order valence-corrected chi connectivity index (χ3v) is 4.41. The molecule has 2 rings (SSSR count). The Balaban J connectivity index is 1.95. The summed E-state index contributed by atoms with van der Waals surface area (Å²) >= 11 is 1.78. The van der Waals surface area contributed by atoms with Gasteiger partial charge in [-0.1, -0.05) is 26.2 Å². The molecular weight excluding hydrogens is 244 g/mol. The highest BCUT2D eigenvalue weighted by molar-refractivity contribution is 7.12. The molecule has 1 fully saturated rings. The first kappa shape index (κ1) is 13.6. The summed E-state index contributed by atoms with van der Waals surface area (Å²) in [4.78, 5) is 16.5. The second-order valence-electron chi connectivity index (χ2n) is 4.88. The first-order valence-electron chi connectivity index (χ1n) is 6.81. The van der Waals surface area contributed by atoms with E-state index in [4.69, 9.17) is 0 Å². The normalized spacial score (nSPS) is 19.8. The Bertz CT molecular complexity index is 402. The van der Waals surface area contributed by atoms with Crippen LogP contribution >= 0.6 is 11.3 Å². The lowest BCUT2D eigenvalue weighted by molar-refractivity contribution is -0.128. The lowest BCUT2D eigenvalue weighted by Gasteiger charge is -2.23. The number of nitrogens with zero attached hydrogens (tertiary/aromatic N) is 1. The molecule has 1 saturated heterocycles. The van der Waals surface area contributed by atoms with Gasteiger partial charge in [0.25, 0.3) is 0 Å². The van der Waals surface area contributed by atoms with Crippen molar-refractivity contribution in [2.75, 3.05) is 13.1 Å². The average molecular weight is 266 g/mol. The summed E-state index contributed by atoms with van der Waals surface area (Å²) in [6.07, 6.45) is 4.94. The largest absolute Gasteiger partial charge is 0.321 e. The van der Waals surface area contributed by atoms with E-state index in [1.54, 1.807) is 11.3 Å². The third kappa shape index (κ3) is 3.12. The molecule has 1 aromatic heterocycles. The molecule has 0 saturated carbocycles. The van der Waals surface area contributed by atoms with Gasteiger partial charge in [-0.2, -0.15) is 0 Å². The predicted molar refractivity (Wildman–Crippen MR) is 75.7 cm³/mol. The summed E-state index contributed by atoms with van der Waals surface area (Å²) in [6.45, 7) is 5.68. The average Bonchev–Trinajstić information content (AvgIpc) is 2.92. The van der Waals surface area contributed by atoms with Crippen molar-refractivity contribution in [3.8, 4) is 0 Å². The summed E-state index contributed by atoms with van der Waals surface area (Å²) in [5.41, 5.74) is 0. The zero-order chi connectivity index (χ0) is 13.0. The Morgan fingerprint density at radius 2 is 2.22 bits per heavy atom. The van der Waals surface area contributed by atoms with Crippen LogP contribution in [0.1, 0.15) is 48.5 Å². The number of thiophene rings is 1. The standard InChI is InChI=1S/C14H22N2OS/c1-3-4-5-6-9-16-13(17)10-15-14(16)12-8-7-11(2)18-12/h7-8,14-15H,3-6,9-10H2,1-2H3. The van der Waals surface area contributed by atoms with Gasteiger partial charge in [-0.25, -0.2) is 0 Å². The van der Waals surface area contributed by atoms with E-state index in [1.165, 1.54) is 29.0 Å². The van der Waals surface area contributed by atoms with E-state index in [1.807, 2.05) is 4.90 Å². The van der Waals surface area contributed by atoms with E-state index >= 15 is 0 Å². The Kier molecular flexibility index (Phi) is 4.78. The molecule has 3 nitrogen and oxygen atoms in total. The molecule has 0 bridgehead atoms. The van der Waals surface area contributed by atoms with Crippen molar-refractivity contribution in [3.63, 3.8) is 0 Å². The third-order valence-electron chi connectivity index (χ3n) is 3.36. The molecule has 18 heavy (non-hydrogen) atoms. The molecule has 100 valence electrons. The van der Waals surface area contributed by atoms with Crippen molar-refractivity contribution in [2.24, 2.45) is 0 Å². The number of unbranched alkanes of at least 4 members (excludes halogenated alkanes) is 3. The van der Waals surface area contributed by atoms with Gasteiger partial charge < -0.3 is 4.90 Å². The van der Waals surface area contributed by atoms with Crippen LogP contribution < -0.4 is 5.32 Å². The summed E-state index contributed by atoms with van der Waals surface area (Å²) < 4.78 is 0. The Morgan fingerprint density at radius 1 is 1.39 bits per heavy atom. The second-order valence-corrected chi connectivity index (χ2v) is 6.20. The maximum atomic E-state index is 11.9. The topological polar surface area (TPSA) is 32.3 Å². The molecule has 4 heteroatoms. The van der Waals surface area contributed by atoms with Crippen LogP contribution in [0.5, 0.6) is 0 Å². The van der Waals surface area contributed by atoms with Gasteiger partial charge in [-0.3, -0.25) is 10.1 Å². The zero-order valence-electron chi connectivity index (χ0n) is 11.2. The van der Waals surface area contributed by atoms with E-state index < -0.39 is 0 Å². The Hall–Kier alpha value is -0.870. The van der Waals surface area contributed by atoms with Crippen molar-refractivity contribution in [1.82, 2.24) is 10.2 Å². The highest BCUT2D eigenvalue weighted by atomic mass is 32.1. The lowest BCUT2D eigenvalue weighted by atomic mass is 10.2. The van der Waals surface area contributed by atoms with Gasteiger partial charge in [0.1, 0.15) is 6.17 Å². The van der Waals surface area contributed by atoms with Crippen molar-refractivity contribution in [3.05, 3.63) is 21.9 Å². The SMILES string of the molecule is CCCCCCN1C(=O)CNC1c1ccc(C)s1. The van der Waals surface area contributed by atoms with Crippen LogP contribution in [0, 0.1) is 6.92 Å². The number of rotatable bonds is 6. The molecule has 1 aromatic rings. The molecular formula is C14H22N2OS. The van der Waals surface area contributed by atoms with Gasteiger partial charge in [-0.05, 0) is 25.5 Å². The van der Waals surface area contributed by atoms with Crippen LogP contribution in [0.25, 0.3) is 0 Å². The fourth-order valence-corrected chi connectivity index (χ4v) is 3.32. The number of amides is 1. The molecule has 1 amide bonds. The zero-order valence-corrected chi connectivity index (χ0v) is 12.1. The molecule has 1 aliphatic heterocycles. The predicted octanol–water partition coefficient (Wildman–Crippen LogP) is 3.07. The molecule has 1 aliphatic rings. The van der Waals surface area contributed by atoms with Crippen LogP contribution in [-0.4, -0.2) is 23.9 Å². The minimum absolute atomic E-state index is 0.109. The summed E-state index contributed by atoms with van der Waals surface area (Å²) in [5, 5.41) is 3.31. The molecule has 2 heterocycles. The van der Waals surface area contributed by atoms with E-state index in [0.29, 0.717) is 6.54 Å². The molecule has 0 aliphatic carbocycles. The van der Waals surface area contributed by atoms with Crippen LogP contribution in [0.3, 0.4) is 0 Å². The highest BCUT2D eigenvalue weighted by Crippen LogP contribution is 2.28. The maximum absolute atomic E-state index is 11.9. The molecule has 1 N–H and O–H groups in total. The van der Waals surface area contributed by atoms with Crippen molar-refractivity contribution < 1.29 is 4.79 Å². The van der Waals surface area contributed by atoms with Crippen LogP contribution in [0.2, 0.25) is 0 Å². The highest BCUT2D eigenvalue weighted by Gasteiger charge is 2.31. The first-order chi connectivity index (χ1) is 8.72. The van der Waals surface area contributed by atoms with Crippen molar-refractivity contribution in [2.45, 2.75) is 45.7 Å². The number of nitrogens with one attached hydrogen (secondary N) is 1. The molecule has 1 unspecified atom stereocenters. The number of hydrogen-bond donors (Lipinski definition) is 1. The molecule has 0 spiro atoms. The quantitative estimate of drug-likeness (QED) is 0.803. The van der Waals surface area contributed by atoms with Gasteiger partial charge in [0.05, 0.1) is 6.54 Å². The van der Waals surface area contributed by atoms with E-state index in [-0.39, 0.29) is 12.1 Å². The minimum Gasteiger partial charge on any atom is -0.321 e. The number of aryl methyl sites for hydroxylation is 1. The van der Waals surface area contributed by atoms with Crippen LogP contribution in [-0.2, 0) is 4.79 Å². The maximum Gasteiger partial charge on any atom is 0.238 e.